The Labute approximate surface area is 223 Å². The molecule has 4 heterocycles. The molecule has 5 rings (SSSR count). The van der Waals surface area contributed by atoms with E-state index in [4.69, 9.17) is 0 Å². The van der Waals surface area contributed by atoms with Crippen molar-refractivity contribution in [2.45, 2.75) is 13.3 Å². The summed E-state index contributed by atoms with van der Waals surface area (Å²) in [6.07, 6.45) is 7.09. The van der Waals surface area contributed by atoms with Gasteiger partial charge in [-0.15, -0.1) is 0 Å². The number of nitrogens with zero attached hydrogens (tertiary/aromatic N) is 2. The van der Waals surface area contributed by atoms with Crippen LogP contribution in [0.1, 0.15) is 29.3 Å². The molecule has 4 aromatic heterocycles. The number of nitrogens with one attached hydrogen (secondary N) is 3. The molecule has 3 N–H and O–H groups in total. The SMILES string of the molecule is Brc1cnc2[nH]ccc2c1.CCCS(=O)(=O)Nc1cccc(C(=O)c2c[nH]c3ncc(Br)cc23)c1F. The van der Waals surface area contributed by atoms with Crippen LogP contribution in [-0.4, -0.2) is 39.9 Å². The molecule has 0 saturated carbocycles. The van der Waals surface area contributed by atoms with Gasteiger partial charge >= 0.3 is 0 Å². The molecule has 1 aromatic carbocycles. The summed E-state index contributed by atoms with van der Waals surface area (Å²) in [5.74, 6) is -1.60. The van der Waals surface area contributed by atoms with Gasteiger partial charge in [0, 0.05) is 50.1 Å². The fourth-order valence-electron chi connectivity index (χ4n) is 3.50. The monoisotopic (exact) mass is 635 g/mol. The van der Waals surface area contributed by atoms with Gasteiger partial charge in [0.05, 0.1) is 17.0 Å². The molecule has 186 valence electrons. The van der Waals surface area contributed by atoms with Crippen LogP contribution < -0.4 is 4.72 Å². The van der Waals surface area contributed by atoms with Gasteiger partial charge in [-0.3, -0.25) is 9.52 Å². The predicted molar refractivity (Wildman–Crippen MR) is 145 cm³/mol. The summed E-state index contributed by atoms with van der Waals surface area (Å²) < 4.78 is 42.5. The number of hydrogen-bond acceptors (Lipinski definition) is 5. The van der Waals surface area contributed by atoms with Gasteiger partial charge in [-0.1, -0.05) is 13.0 Å². The molecule has 8 nitrogen and oxygen atoms in total. The normalized spacial score (nSPS) is 11.3. The summed E-state index contributed by atoms with van der Waals surface area (Å²) in [5.41, 5.74) is 1.22. The van der Waals surface area contributed by atoms with Crippen LogP contribution in [0.4, 0.5) is 10.1 Å². The summed E-state index contributed by atoms with van der Waals surface area (Å²) in [7, 11) is -3.67. The van der Waals surface area contributed by atoms with Crippen LogP contribution in [0, 0.1) is 5.82 Å². The molecule has 0 fully saturated rings. The number of halogens is 3. The second-order valence-electron chi connectivity index (χ2n) is 7.74. The lowest BCUT2D eigenvalue weighted by Crippen LogP contribution is -2.18. The predicted octanol–water partition coefficient (Wildman–Crippen LogP) is 6.17. The number of sulfonamides is 1. The smallest absolute Gasteiger partial charge is 0.232 e. The highest BCUT2D eigenvalue weighted by molar-refractivity contribution is 9.10. The van der Waals surface area contributed by atoms with Crippen molar-refractivity contribution in [1.29, 1.82) is 0 Å². The van der Waals surface area contributed by atoms with Crippen molar-refractivity contribution in [1.82, 2.24) is 19.9 Å². The van der Waals surface area contributed by atoms with Gasteiger partial charge in [-0.05, 0) is 68.6 Å². The van der Waals surface area contributed by atoms with E-state index in [9.17, 15) is 17.6 Å². The van der Waals surface area contributed by atoms with Crippen LogP contribution in [-0.2, 0) is 10.0 Å². The lowest BCUT2D eigenvalue weighted by atomic mass is 10.0. The lowest BCUT2D eigenvalue weighted by Gasteiger charge is -2.10. The first-order chi connectivity index (χ1) is 17.2. The molecule has 0 spiro atoms. The minimum absolute atomic E-state index is 0.132. The van der Waals surface area contributed by atoms with E-state index in [0.717, 1.165) is 15.5 Å². The van der Waals surface area contributed by atoms with Crippen molar-refractivity contribution in [3.05, 3.63) is 87.1 Å². The number of carbonyl (C=O) groups is 1. The second-order valence-corrected chi connectivity index (χ2v) is 11.4. The topological polar surface area (TPSA) is 121 Å². The van der Waals surface area contributed by atoms with Crippen LogP contribution >= 0.6 is 31.9 Å². The Hall–Kier alpha value is -3.09. The zero-order valence-electron chi connectivity index (χ0n) is 18.8. The Balaban J connectivity index is 0.000000251. The van der Waals surface area contributed by atoms with Crippen LogP contribution in [0.5, 0.6) is 0 Å². The molecule has 0 bridgehead atoms. The summed E-state index contributed by atoms with van der Waals surface area (Å²) in [4.78, 5) is 27.0. The molecule has 0 aliphatic heterocycles. The molecular weight excluding hydrogens is 617 g/mol. The van der Waals surface area contributed by atoms with Gasteiger partial charge in [0.15, 0.2) is 11.6 Å². The standard InChI is InChI=1S/C17H15BrFN3O3S.C7H5BrN2/c1-2-6-26(24,25)22-14-5-3-4-11(15(14)19)16(23)13-9-21-17-12(13)7-10(18)8-20-17;8-6-3-5-1-2-9-7(5)10-4-6/h3-5,7-9,22H,2,6H2,1H3,(H,20,21);1-4H,(H,9,10). The molecule has 12 heteroatoms. The maximum atomic E-state index is 14.8. The van der Waals surface area contributed by atoms with E-state index in [0.29, 0.717) is 21.9 Å². The quantitative estimate of drug-likeness (QED) is 0.192. The number of carbonyl (C=O) groups excluding carboxylic acids is 1. The van der Waals surface area contributed by atoms with E-state index in [1.165, 1.54) is 24.4 Å². The minimum Gasteiger partial charge on any atom is -0.346 e. The fraction of sp³-hybridized carbons (Fsp3) is 0.125. The lowest BCUT2D eigenvalue weighted by molar-refractivity contribution is 0.103. The van der Waals surface area contributed by atoms with E-state index in [-0.39, 0.29) is 22.6 Å². The van der Waals surface area contributed by atoms with Gasteiger partial charge in [0.25, 0.3) is 0 Å². The van der Waals surface area contributed by atoms with Gasteiger partial charge in [-0.25, -0.2) is 22.8 Å². The van der Waals surface area contributed by atoms with Crippen molar-refractivity contribution in [3.8, 4) is 0 Å². The van der Waals surface area contributed by atoms with Gasteiger partial charge in [0.2, 0.25) is 10.0 Å². The molecule has 0 atom stereocenters. The number of fused-ring (bicyclic) bond motifs is 2. The van der Waals surface area contributed by atoms with E-state index < -0.39 is 21.6 Å². The van der Waals surface area contributed by atoms with Crippen molar-refractivity contribution >= 4 is 75.4 Å². The van der Waals surface area contributed by atoms with Gasteiger partial charge in [0.1, 0.15) is 11.3 Å². The van der Waals surface area contributed by atoms with Gasteiger partial charge in [-0.2, -0.15) is 0 Å². The molecule has 36 heavy (non-hydrogen) atoms. The van der Waals surface area contributed by atoms with E-state index in [1.54, 1.807) is 25.4 Å². The molecular formula is C24H20Br2FN5O3S. The number of aromatic nitrogens is 4. The first-order valence-electron chi connectivity index (χ1n) is 10.7. The number of aromatic amines is 2. The number of H-pyrrole nitrogens is 2. The van der Waals surface area contributed by atoms with Crippen molar-refractivity contribution in [3.63, 3.8) is 0 Å². The molecule has 0 unspecified atom stereocenters. The number of benzene rings is 1. The number of hydrogen-bond donors (Lipinski definition) is 3. The maximum Gasteiger partial charge on any atom is 0.232 e. The summed E-state index contributed by atoms with van der Waals surface area (Å²) in [6, 6.07) is 9.76. The van der Waals surface area contributed by atoms with E-state index in [2.05, 4.69) is 56.5 Å². The number of anilines is 1. The summed E-state index contributed by atoms with van der Waals surface area (Å²) in [6.45, 7) is 1.71. The van der Waals surface area contributed by atoms with Crippen molar-refractivity contribution in [2.75, 3.05) is 10.5 Å². The minimum atomic E-state index is -3.67. The molecule has 0 amide bonds. The second kappa shape index (κ2) is 10.9. The van der Waals surface area contributed by atoms with Crippen molar-refractivity contribution in [2.24, 2.45) is 0 Å². The molecule has 0 saturated heterocycles. The number of ketones is 1. The average molecular weight is 637 g/mol. The highest BCUT2D eigenvalue weighted by Crippen LogP contribution is 2.26. The van der Waals surface area contributed by atoms with E-state index in [1.807, 2.05) is 18.3 Å². The molecule has 0 aliphatic rings. The van der Waals surface area contributed by atoms with Crippen LogP contribution in [0.25, 0.3) is 22.1 Å². The Morgan fingerprint density at radius 3 is 2.50 bits per heavy atom. The molecule has 5 aromatic rings. The number of pyridine rings is 2. The van der Waals surface area contributed by atoms with E-state index >= 15 is 0 Å². The molecule has 0 radical (unpaired) electrons. The Morgan fingerprint density at radius 1 is 1.03 bits per heavy atom. The molecule has 0 aliphatic carbocycles. The fourth-order valence-corrected chi connectivity index (χ4v) is 5.31. The van der Waals surface area contributed by atoms with Crippen molar-refractivity contribution < 1.29 is 17.6 Å². The van der Waals surface area contributed by atoms with Crippen LogP contribution in [0.2, 0.25) is 0 Å². The third kappa shape index (κ3) is 5.82. The van der Waals surface area contributed by atoms with Crippen LogP contribution in [0.3, 0.4) is 0 Å². The largest absolute Gasteiger partial charge is 0.346 e. The Bertz CT molecular complexity index is 1670. The first kappa shape index (κ1) is 26.0. The van der Waals surface area contributed by atoms with Gasteiger partial charge < -0.3 is 9.97 Å². The highest BCUT2D eigenvalue weighted by atomic mass is 79.9. The summed E-state index contributed by atoms with van der Waals surface area (Å²) >= 11 is 6.63. The maximum absolute atomic E-state index is 14.8. The zero-order chi connectivity index (χ0) is 25.9. The summed E-state index contributed by atoms with van der Waals surface area (Å²) in [5, 5.41) is 1.68. The Kier molecular flexibility index (Phi) is 7.86. The Morgan fingerprint density at radius 2 is 1.75 bits per heavy atom. The first-order valence-corrected chi connectivity index (χ1v) is 14.0. The zero-order valence-corrected chi connectivity index (χ0v) is 22.8. The van der Waals surface area contributed by atoms with Crippen LogP contribution in [0.15, 0.2) is 70.1 Å². The third-order valence-electron chi connectivity index (χ3n) is 5.09. The number of rotatable bonds is 6. The average Bonchev–Trinajstić information content (AvgIpc) is 3.46. The third-order valence-corrected chi connectivity index (χ3v) is 7.43. The highest BCUT2D eigenvalue weighted by Gasteiger charge is 2.22.